The van der Waals surface area contributed by atoms with Gasteiger partial charge in [0.05, 0.1) is 25.4 Å². The highest BCUT2D eigenvalue weighted by atomic mass is 16.5. The first kappa shape index (κ1) is 32.5. The zero-order valence-electron chi connectivity index (χ0n) is 26.0. The summed E-state index contributed by atoms with van der Waals surface area (Å²) in [5.41, 5.74) is 4.29. The van der Waals surface area contributed by atoms with Crippen LogP contribution in [-0.2, 0) is 31.9 Å². The van der Waals surface area contributed by atoms with Gasteiger partial charge in [0.15, 0.2) is 0 Å². The molecule has 0 saturated carbocycles. The smallest absolute Gasteiger partial charge is 0.338 e. The number of esters is 2. The molecule has 2 aromatic carbocycles. The van der Waals surface area contributed by atoms with Crippen molar-refractivity contribution >= 4 is 17.8 Å². The van der Waals surface area contributed by atoms with E-state index in [0.717, 1.165) is 83.3 Å². The first-order chi connectivity index (χ1) is 21.0. The van der Waals surface area contributed by atoms with Crippen LogP contribution in [0, 0.1) is 0 Å². The first-order valence-corrected chi connectivity index (χ1v) is 16.2. The van der Waals surface area contributed by atoms with Gasteiger partial charge in [-0.1, -0.05) is 24.3 Å². The van der Waals surface area contributed by atoms with Crippen LogP contribution >= 0.6 is 0 Å². The van der Waals surface area contributed by atoms with E-state index in [-0.39, 0.29) is 23.9 Å². The van der Waals surface area contributed by atoms with Crippen LogP contribution < -0.4 is 4.74 Å². The highest BCUT2D eigenvalue weighted by molar-refractivity contribution is 5.89. The standard InChI is InChI=1S/C35H48N2O6/c1-3-41-34(39)17-7-8-21-36(31-14-9-13-28-26-29(18-19-30(28)31)35(40)42-4-2)24-20-27-12-5-6-15-32(27)43-25-11-23-37-22-10-16-33(37)38/h5-6,12,15,18-19,26,31H,3-4,7-11,13-14,16-17,20-25H2,1-2H3. The zero-order chi connectivity index (χ0) is 30.4. The minimum Gasteiger partial charge on any atom is -0.493 e. The monoisotopic (exact) mass is 592 g/mol. The van der Waals surface area contributed by atoms with Gasteiger partial charge in [-0.3, -0.25) is 14.5 Å². The Bertz CT molecular complexity index is 1210. The second-order valence-corrected chi connectivity index (χ2v) is 11.4. The fraction of sp³-hybridized carbons (Fsp3) is 0.571. The Morgan fingerprint density at radius 1 is 0.953 bits per heavy atom. The first-order valence-electron chi connectivity index (χ1n) is 16.2. The van der Waals surface area contributed by atoms with Crippen molar-refractivity contribution < 1.29 is 28.6 Å². The average molecular weight is 593 g/mol. The number of hydrogen-bond acceptors (Lipinski definition) is 7. The number of carbonyl (C=O) groups is 3. The number of carbonyl (C=O) groups excluding carboxylic acids is 3. The summed E-state index contributed by atoms with van der Waals surface area (Å²) in [5.74, 6) is 0.750. The van der Waals surface area contributed by atoms with Gasteiger partial charge in [0.25, 0.3) is 0 Å². The molecule has 43 heavy (non-hydrogen) atoms. The van der Waals surface area contributed by atoms with Gasteiger partial charge in [-0.2, -0.15) is 0 Å². The fourth-order valence-corrected chi connectivity index (χ4v) is 6.24. The molecular weight excluding hydrogens is 544 g/mol. The molecule has 8 heteroatoms. The van der Waals surface area contributed by atoms with Crippen LogP contribution in [0.3, 0.4) is 0 Å². The molecule has 1 atom stereocenters. The van der Waals surface area contributed by atoms with Crippen LogP contribution in [0.15, 0.2) is 42.5 Å². The fourth-order valence-electron chi connectivity index (χ4n) is 6.24. The SMILES string of the molecule is CCOC(=O)CCCCN(CCc1ccccc1OCCCN1CCCC1=O)C1CCCc2cc(C(=O)OCC)ccc21. The summed E-state index contributed by atoms with van der Waals surface area (Å²) in [6.07, 6.45) is 8.47. The molecular formula is C35H48N2O6. The van der Waals surface area contributed by atoms with Gasteiger partial charge in [-0.25, -0.2) is 4.79 Å². The number of amides is 1. The third kappa shape index (κ3) is 9.55. The lowest BCUT2D eigenvalue weighted by Crippen LogP contribution is -2.34. The number of para-hydroxylation sites is 1. The van der Waals surface area contributed by atoms with Crippen molar-refractivity contribution in [1.29, 1.82) is 0 Å². The summed E-state index contributed by atoms with van der Waals surface area (Å²) >= 11 is 0. The van der Waals surface area contributed by atoms with Crippen molar-refractivity contribution in [3.8, 4) is 5.75 Å². The molecule has 8 nitrogen and oxygen atoms in total. The van der Waals surface area contributed by atoms with Crippen LogP contribution in [0.5, 0.6) is 5.75 Å². The molecule has 4 rings (SSSR count). The Balaban J connectivity index is 1.42. The molecule has 0 radical (unpaired) electrons. The number of nitrogens with zero attached hydrogens (tertiary/aromatic N) is 2. The van der Waals surface area contributed by atoms with E-state index < -0.39 is 0 Å². The van der Waals surface area contributed by atoms with Crippen molar-refractivity contribution in [2.24, 2.45) is 0 Å². The number of aryl methyl sites for hydroxylation is 1. The third-order valence-corrected chi connectivity index (χ3v) is 8.40. The molecule has 1 aliphatic heterocycles. The van der Waals surface area contributed by atoms with Gasteiger partial charge in [0, 0.05) is 38.5 Å². The molecule has 1 unspecified atom stereocenters. The number of fused-ring (bicyclic) bond motifs is 1. The minimum absolute atomic E-state index is 0.135. The molecule has 2 aromatic rings. The maximum Gasteiger partial charge on any atom is 0.338 e. The lowest BCUT2D eigenvalue weighted by atomic mass is 9.85. The van der Waals surface area contributed by atoms with Crippen molar-refractivity contribution in [2.75, 3.05) is 46.0 Å². The number of unbranched alkanes of at least 4 members (excludes halogenated alkanes) is 1. The van der Waals surface area contributed by atoms with Gasteiger partial charge >= 0.3 is 11.9 Å². The summed E-state index contributed by atoms with van der Waals surface area (Å²) < 4.78 is 16.6. The number of rotatable bonds is 17. The van der Waals surface area contributed by atoms with Crippen molar-refractivity contribution in [3.05, 3.63) is 64.7 Å². The van der Waals surface area contributed by atoms with Crippen molar-refractivity contribution in [3.63, 3.8) is 0 Å². The zero-order valence-corrected chi connectivity index (χ0v) is 26.0. The maximum atomic E-state index is 12.4. The average Bonchev–Trinajstić information content (AvgIpc) is 3.43. The second-order valence-electron chi connectivity index (χ2n) is 11.4. The molecule has 1 heterocycles. The van der Waals surface area contributed by atoms with Crippen LogP contribution in [0.4, 0.5) is 0 Å². The molecule has 0 aromatic heterocycles. The van der Waals surface area contributed by atoms with Crippen LogP contribution in [0.25, 0.3) is 0 Å². The van der Waals surface area contributed by atoms with Crippen LogP contribution in [0.1, 0.15) is 98.3 Å². The van der Waals surface area contributed by atoms with E-state index in [4.69, 9.17) is 14.2 Å². The lowest BCUT2D eigenvalue weighted by Gasteiger charge is -2.36. The van der Waals surface area contributed by atoms with Crippen molar-refractivity contribution in [1.82, 2.24) is 9.80 Å². The van der Waals surface area contributed by atoms with E-state index in [1.807, 2.05) is 43.0 Å². The Hall–Kier alpha value is -3.39. The Labute approximate surface area is 256 Å². The number of benzene rings is 2. The number of likely N-dealkylation sites (tertiary alicyclic amines) is 1. The van der Waals surface area contributed by atoms with Crippen LogP contribution in [0.2, 0.25) is 0 Å². The molecule has 1 aliphatic carbocycles. The Morgan fingerprint density at radius 2 is 1.79 bits per heavy atom. The Morgan fingerprint density at radius 3 is 2.58 bits per heavy atom. The van der Waals surface area contributed by atoms with E-state index >= 15 is 0 Å². The summed E-state index contributed by atoms with van der Waals surface area (Å²) in [7, 11) is 0. The van der Waals surface area contributed by atoms with Gasteiger partial charge in [-0.05, 0) is 107 Å². The molecule has 0 spiro atoms. The summed E-state index contributed by atoms with van der Waals surface area (Å²) in [4.78, 5) is 40.7. The topological polar surface area (TPSA) is 85.4 Å². The normalized spacial score (nSPS) is 16.3. The Kier molecular flexibility index (Phi) is 12.9. The summed E-state index contributed by atoms with van der Waals surface area (Å²) in [6.45, 7) is 8.35. The molecule has 1 saturated heterocycles. The van der Waals surface area contributed by atoms with Gasteiger partial charge < -0.3 is 19.1 Å². The minimum atomic E-state index is -0.271. The lowest BCUT2D eigenvalue weighted by molar-refractivity contribution is -0.143. The molecule has 1 fully saturated rings. The highest BCUT2D eigenvalue weighted by Gasteiger charge is 2.27. The van der Waals surface area contributed by atoms with Crippen LogP contribution in [-0.4, -0.2) is 73.6 Å². The highest BCUT2D eigenvalue weighted by Crippen LogP contribution is 2.36. The number of ether oxygens (including phenoxy) is 3. The third-order valence-electron chi connectivity index (χ3n) is 8.40. The van der Waals surface area contributed by atoms with E-state index in [9.17, 15) is 14.4 Å². The summed E-state index contributed by atoms with van der Waals surface area (Å²) in [6, 6.07) is 14.5. The van der Waals surface area contributed by atoms with Gasteiger partial charge in [-0.15, -0.1) is 0 Å². The predicted molar refractivity (Wildman–Crippen MR) is 166 cm³/mol. The quantitative estimate of drug-likeness (QED) is 0.167. The number of hydrogen-bond donors (Lipinski definition) is 0. The largest absolute Gasteiger partial charge is 0.493 e. The molecule has 2 aliphatic rings. The maximum absolute atomic E-state index is 12.4. The van der Waals surface area contributed by atoms with E-state index in [1.165, 1.54) is 16.7 Å². The van der Waals surface area contributed by atoms with Gasteiger partial charge in [0.2, 0.25) is 5.91 Å². The molecule has 1 amide bonds. The van der Waals surface area contributed by atoms with E-state index in [2.05, 4.69) is 23.1 Å². The van der Waals surface area contributed by atoms with E-state index in [1.54, 1.807) is 0 Å². The van der Waals surface area contributed by atoms with Gasteiger partial charge in [0.1, 0.15) is 5.75 Å². The predicted octanol–water partition coefficient (Wildman–Crippen LogP) is 5.91. The van der Waals surface area contributed by atoms with Crippen molar-refractivity contribution in [2.45, 2.75) is 84.1 Å². The molecule has 0 bridgehead atoms. The summed E-state index contributed by atoms with van der Waals surface area (Å²) in [5, 5.41) is 0. The van der Waals surface area contributed by atoms with E-state index in [0.29, 0.717) is 38.2 Å². The molecule has 234 valence electrons. The molecule has 0 N–H and O–H groups in total. The second kappa shape index (κ2) is 17.0.